The van der Waals surface area contributed by atoms with Gasteiger partial charge in [-0.1, -0.05) is 0 Å². The van der Waals surface area contributed by atoms with Crippen LogP contribution >= 0.6 is 0 Å². The van der Waals surface area contributed by atoms with Crippen LogP contribution in [-0.2, 0) is 4.79 Å². The highest BCUT2D eigenvalue weighted by Crippen LogP contribution is 2.13. The molecule has 11 heavy (non-hydrogen) atoms. The van der Waals surface area contributed by atoms with Gasteiger partial charge in [0, 0.05) is 1.37 Å². The summed E-state index contributed by atoms with van der Waals surface area (Å²) in [5.41, 5.74) is -2.28. The normalized spacial score (nSPS) is 23.1. The molecule has 0 spiro atoms. The second-order valence-corrected chi connectivity index (χ2v) is 2.27. The molecule has 0 saturated heterocycles. The largest absolute Gasteiger partial charge is 0.394 e. The minimum Gasteiger partial charge on any atom is -0.394 e. The van der Waals surface area contributed by atoms with Gasteiger partial charge in [-0.15, -0.1) is 0 Å². The molecule has 0 unspecified atom stereocenters. The topological polar surface area (TPSA) is 98.0 Å². The standard InChI is InChI=1S/C6H12O5/c1-6(11,4(9)2-7)5(10)3-8/h2,4-5,8-11H,3H2,1H3/t4-,5-,6+/m1/s1/i1D. The van der Waals surface area contributed by atoms with Crippen LogP contribution < -0.4 is 0 Å². The summed E-state index contributed by atoms with van der Waals surface area (Å²) in [6.45, 7) is -1.59. The van der Waals surface area contributed by atoms with Crippen LogP contribution in [0.1, 0.15) is 8.27 Å². The third-order valence-electron chi connectivity index (χ3n) is 1.39. The molecule has 0 aliphatic carbocycles. The Labute approximate surface area is 65.3 Å². The minimum absolute atomic E-state index is 0.00736. The van der Waals surface area contributed by atoms with E-state index in [0.717, 1.165) is 0 Å². The van der Waals surface area contributed by atoms with Crippen molar-refractivity contribution < 1.29 is 26.6 Å². The lowest BCUT2D eigenvalue weighted by Crippen LogP contribution is -2.51. The van der Waals surface area contributed by atoms with Crippen molar-refractivity contribution in [1.82, 2.24) is 0 Å². The molecule has 5 heteroatoms. The Balaban J connectivity index is 4.53. The summed E-state index contributed by atoms with van der Waals surface area (Å²) in [4.78, 5) is 10.0. The maximum Gasteiger partial charge on any atom is 0.151 e. The Morgan fingerprint density at radius 2 is 2.27 bits per heavy atom. The molecule has 0 amide bonds. The molecule has 0 saturated carbocycles. The van der Waals surface area contributed by atoms with Gasteiger partial charge in [-0.3, -0.25) is 0 Å². The van der Waals surface area contributed by atoms with E-state index in [0.29, 0.717) is 0 Å². The predicted molar refractivity (Wildman–Crippen MR) is 35.8 cm³/mol. The van der Waals surface area contributed by atoms with Gasteiger partial charge in [0.2, 0.25) is 0 Å². The Bertz CT molecular complexity index is 153. The van der Waals surface area contributed by atoms with Crippen molar-refractivity contribution in [3.63, 3.8) is 0 Å². The number of aliphatic hydroxyl groups excluding tert-OH is 3. The molecule has 0 rings (SSSR count). The zero-order chi connectivity index (χ0) is 9.78. The summed E-state index contributed by atoms with van der Waals surface area (Å²) in [7, 11) is 0. The molecule has 5 nitrogen and oxygen atoms in total. The van der Waals surface area contributed by atoms with Crippen LogP contribution in [-0.4, -0.2) is 51.1 Å². The third-order valence-corrected chi connectivity index (χ3v) is 1.39. The molecule has 0 aromatic carbocycles. The number of aliphatic hydroxyl groups is 4. The maximum absolute atomic E-state index is 10.0. The van der Waals surface area contributed by atoms with E-state index in [1.807, 2.05) is 0 Å². The first kappa shape index (κ1) is 8.61. The molecule has 0 aromatic rings. The second-order valence-electron chi connectivity index (χ2n) is 2.27. The van der Waals surface area contributed by atoms with Crippen molar-refractivity contribution in [2.45, 2.75) is 24.7 Å². The SMILES string of the molecule is [2H]C[C@](O)([C@H](O)C=O)[C@H](O)CO. The number of carbonyl (C=O) groups excluding carboxylic acids is 1. The fourth-order valence-corrected chi connectivity index (χ4v) is 0.473. The first-order valence-electron chi connectivity index (χ1n) is 3.67. The molecule has 66 valence electrons. The van der Waals surface area contributed by atoms with Crippen LogP contribution in [0.3, 0.4) is 0 Å². The van der Waals surface area contributed by atoms with E-state index in [4.69, 9.17) is 16.7 Å². The summed E-state index contributed by atoms with van der Waals surface area (Å²) in [5, 5.41) is 35.5. The zero-order valence-corrected chi connectivity index (χ0v) is 5.84. The first-order valence-corrected chi connectivity index (χ1v) is 2.96. The van der Waals surface area contributed by atoms with Gasteiger partial charge < -0.3 is 25.2 Å². The van der Waals surface area contributed by atoms with Crippen LogP contribution in [0.2, 0.25) is 0 Å². The van der Waals surface area contributed by atoms with Gasteiger partial charge in [0.05, 0.1) is 6.61 Å². The van der Waals surface area contributed by atoms with Crippen LogP contribution in [0.4, 0.5) is 0 Å². The highest BCUT2D eigenvalue weighted by atomic mass is 16.4. The number of aldehydes is 1. The second kappa shape index (κ2) is 3.77. The molecule has 0 aliphatic rings. The Hall–Kier alpha value is -0.490. The molecular weight excluding hydrogens is 152 g/mol. The maximum atomic E-state index is 10.0. The molecule has 0 heterocycles. The zero-order valence-electron chi connectivity index (χ0n) is 6.84. The van der Waals surface area contributed by atoms with E-state index in [2.05, 4.69) is 0 Å². The van der Waals surface area contributed by atoms with E-state index in [1.54, 1.807) is 0 Å². The Morgan fingerprint density at radius 3 is 2.55 bits per heavy atom. The number of carbonyl (C=O) groups is 1. The number of rotatable bonds is 4. The van der Waals surface area contributed by atoms with Gasteiger partial charge in [0.25, 0.3) is 0 Å². The van der Waals surface area contributed by atoms with E-state index in [1.165, 1.54) is 0 Å². The van der Waals surface area contributed by atoms with Crippen LogP contribution in [0.25, 0.3) is 0 Å². The average Bonchev–Trinajstić information content (AvgIpc) is 2.13. The van der Waals surface area contributed by atoms with E-state index in [-0.39, 0.29) is 6.29 Å². The van der Waals surface area contributed by atoms with Gasteiger partial charge in [-0.25, -0.2) is 0 Å². The van der Waals surface area contributed by atoms with E-state index >= 15 is 0 Å². The molecule has 0 aliphatic heterocycles. The lowest BCUT2D eigenvalue weighted by atomic mass is 9.94. The molecular formula is C6H12O5. The molecule has 3 atom stereocenters. The summed E-state index contributed by atoms with van der Waals surface area (Å²) < 4.78 is 6.78. The van der Waals surface area contributed by atoms with Gasteiger partial charge >= 0.3 is 0 Å². The summed E-state index contributed by atoms with van der Waals surface area (Å²) in [5.74, 6) is 0. The van der Waals surface area contributed by atoms with Gasteiger partial charge in [0.15, 0.2) is 6.29 Å². The van der Waals surface area contributed by atoms with Crippen LogP contribution in [0, 0.1) is 0 Å². The lowest BCUT2D eigenvalue weighted by Gasteiger charge is -2.29. The van der Waals surface area contributed by atoms with Gasteiger partial charge in [-0.05, 0) is 6.90 Å². The van der Waals surface area contributed by atoms with Crippen LogP contribution in [0.15, 0.2) is 0 Å². The number of hydrogen-bond acceptors (Lipinski definition) is 5. The van der Waals surface area contributed by atoms with Crippen molar-refractivity contribution in [3.8, 4) is 0 Å². The average molecular weight is 165 g/mol. The van der Waals surface area contributed by atoms with Crippen molar-refractivity contribution in [2.24, 2.45) is 0 Å². The number of hydrogen-bond donors (Lipinski definition) is 4. The van der Waals surface area contributed by atoms with Crippen molar-refractivity contribution in [3.05, 3.63) is 0 Å². The quantitative estimate of drug-likeness (QED) is 0.350. The third kappa shape index (κ3) is 2.23. The first-order chi connectivity index (χ1) is 5.52. The smallest absolute Gasteiger partial charge is 0.151 e. The fraction of sp³-hybridized carbons (Fsp3) is 0.833. The summed E-state index contributed by atoms with van der Waals surface area (Å²) >= 11 is 0. The molecule has 0 fully saturated rings. The van der Waals surface area contributed by atoms with Gasteiger partial charge in [0.1, 0.15) is 17.8 Å². The molecule has 0 bridgehead atoms. The monoisotopic (exact) mass is 165 g/mol. The summed E-state index contributed by atoms with van der Waals surface area (Å²) in [6, 6.07) is 0. The minimum atomic E-state index is -2.28. The highest BCUT2D eigenvalue weighted by molar-refractivity contribution is 5.58. The lowest BCUT2D eigenvalue weighted by molar-refractivity contribution is -0.155. The fourth-order valence-electron chi connectivity index (χ4n) is 0.473. The molecule has 0 aromatic heterocycles. The van der Waals surface area contributed by atoms with E-state index < -0.39 is 31.3 Å². The predicted octanol–water partition coefficient (Wildman–Crippen LogP) is -2.35. The molecule has 4 N–H and O–H groups in total. The Morgan fingerprint density at radius 1 is 1.73 bits per heavy atom. The van der Waals surface area contributed by atoms with Crippen molar-refractivity contribution in [1.29, 1.82) is 0 Å². The summed E-state index contributed by atoms with van der Waals surface area (Å²) in [6.07, 6.45) is -3.56. The van der Waals surface area contributed by atoms with Gasteiger partial charge in [-0.2, -0.15) is 0 Å². The van der Waals surface area contributed by atoms with E-state index in [9.17, 15) is 9.90 Å². The van der Waals surface area contributed by atoms with Crippen molar-refractivity contribution >= 4 is 6.29 Å². The Kier molecular flexibility index (Phi) is 2.95. The van der Waals surface area contributed by atoms with Crippen LogP contribution in [0.5, 0.6) is 0 Å². The highest BCUT2D eigenvalue weighted by Gasteiger charge is 2.37. The van der Waals surface area contributed by atoms with Crippen molar-refractivity contribution in [2.75, 3.05) is 6.61 Å². The molecule has 0 radical (unpaired) electrons.